The summed E-state index contributed by atoms with van der Waals surface area (Å²) in [5, 5.41) is 2.60. The number of ether oxygens (including phenoxy) is 1. The van der Waals surface area contributed by atoms with Crippen molar-refractivity contribution in [2.45, 2.75) is 44.4 Å². The molecule has 3 aliphatic heterocycles. The zero-order valence-electron chi connectivity index (χ0n) is 24.9. The lowest BCUT2D eigenvalue weighted by molar-refractivity contribution is -0.153. The number of amides is 4. The van der Waals surface area contributed by atoms with E-state index in [2.05, 4.69) is 11.9 Å². The Bertz CT molecular complexity index is 1510. The Morgan fingerprint density at radius 2 is 1.82 bits per heavy atom. The molecule has 4 amide bonds. The van der Waals surface area contributed by atoms with Crippen LogP contribution in [0, 0.1) is 5.92 Å². The minimum Gasteiger partial charge on any atom is -0.466 e. The van der Waals surface area contributed by atoms with Crippen LogP contribution in [0.2, 0.25) is 0 Å². The maximum Gasteiger partial charge on any atom is 0.416 e. The minimum absolute atomic E-state index is 0.00404. The van der Waals surface area contributed by atoms with E-state index < -0.39 is 41.7 Å². The van der Waals surface area contributed by atoms with Crippen molar-refractivity contribution in [3.8, 4) is 0 Å². The van der Waals surface area contributed by atoms with E-state index in [4.69, 9.17) is 4.74 Å². The second kappa shape index (κ2) is 13.2. The molecule has 3 atom stereocenters. The molecule has 12 heteroatoms. The van der Waals surface area contributed by atoms with Gasteiger partial charge in [0.1, 0.15) is 6.04 Å². The molecule has 1 fully saturated rings. The monoisotopic (exact) mass is 624 g/mol. The second-order valence-corrected chi connectivity index (χ2v) is 11.2. The van der Waals surface area contributed by atoms with Crippen molar-refractivity contribution in [3.63, 3.8) is 0 Å². The maximum absolute atomic E-state index is 14.4. The minimum atomic E-state index is -4.74. The van der Waals surface area contributed by atoms with Gasteiger partial charge in [0, 0.05) is 26.1 Å². The Hall–Kier alpha value is -4.61. The van der Waals surface area contributed by atoms with Crippen LogP contribution < -0.4 is 5.32 Å². The van der Waals surface area contributed by atoms with Gasteiger partial charge in [-0.05, 0) is 37.0 Å². The van der Waals surface area contributed by atoms with Gasteiger partial charge in [-0.1, -0.05) is 54.6 Å². The van der Waals surface area contributed by atoms with Crippen LogP contribution in [0.4, 0.5) is 18.0 Å². The van der Waals surface area contributed by atoms with E-state index in [0.717, 1.165) is 11.6 Å². The molecule has 0 bridgehead atoms. The van der Waals surface area contributed by atoms with Gasteiger partial charge >= 0.3 is 18.2 Å². The summed E-state index contributed by atoms with van der Waals surface area (Å²) in [5.74, 6) is -1.93. The Morgan fingerprint density at radius 1 is 1.11 bits per heavy atom. The summed E-state index contributed by atoms with van der Waals surface area (Å²) >= 11 is 0. The lowest BCUT2D eigenvalue weighted by atomic mass is 9.91. The van der Waals surface area contributed by atoms with E-state index in [1.54, 1.807) is 11.8 Å². The number of alkyl halides is 3. The molecule has 2 aromatic carbocycles. The fourth-order valence-corrected chi connectivity index (χ4v) is 6.34. The molecule has 3 aliphatic rings. The molecule has 0 unspecified atom stereocenters. The van der Waals surface area contributed by atoms with Crippen LogP contribution in [0.5, 0.6) is 0 Å². The standard InChI is InChI=1S/C33H35F3N4O5/c1-3-16-39-26-20-40(30(42)27(26)28(37-32(39)44)23-14-8-9-15-24(23)33(34,35)36)25(18-21-11-6-5-7-12-21)29(41)38-17-10-13-22(19-38)31(43)45-4-2/h3,5-9,11-12,14-15,22,25,28H,1,4,10,13,16-20H2,2H3,(H,37,44)/t22-,25-,28-/m1/s1. The van der Waals surface area contributed by atoms with E-state index in [1.165, 1.54) is 34.1 Å². The fraction of sp³-hybridized carbons (Fsp3) is 0.394. The van der Waals surface area contributed by atoms with Crippen LogP contribution in [-0.4, -0.2) is 77.3 Å². The van der Waals surface area contributed by atoms with Gasteiger partial charge in [0.05, 0.1) is 41.9 Å². The third-order valence-electron chi connectivity index (χ3n) is 8.42. The van der Waals surface area contributed by atoms with Crippen molar-refractivity contribution in [1.82, 2.24) is 20.0 Å². The van der Waals surface area contributed by atoms with Gasteiger partial charge in [0.25, 0.3) is 5.91 Å². The van der Waals surface area contributed by atoms with Crippen LogP contribution in [0.25, 0.3) is 0 Å². The van der Waals surface area contributed by atoms with Crippen molar-refractivity contribution in [2.24, 2.45) is 5.92 Å². The van der Waals surface area contributed by atoms with Crippen LogP contribution >= 0.6 is 0 Å². The van der Waals surface area contributed by atoms with Crippen LogP contribution in [0.3, 0.4) is 0 Å². The number of esters is 1. The van der Waals surface area contributed by atoms with Crippen LogP contribution in [0.1, 0.15) is 42.5 Å². The zero-order chi connectivity index (χ0) is 32.3. The number of urea groups is 1. The SMILES string of the molecule is C=CCN1C(=O)N[C@H](c2ccccc2C(F)(F)F)C2=C1CN([C@H](Cc1ccccc1)C(=O)N1CCC[C@@H](C(=O)OCC)C1)C2=O. The number of hydrogen-bond donors (Lipinski definition) is 1. The van der Waals surface area contributed by atoms with Crippen LogP contribution in [0.15, 0.2) is 78.5 Å². The van der Waals surface area contributed by atoms with Gasteiger partial charge in [-0.15, -0.1) is 6.58 Å². The average molecular weight is 625 g/mol. The molecule has 5 rings (SSSR count). The summed E-state index contributed by atoms with van der Waals surface area (Å²) in [4.78, 5) is 58.6. The number of benzene rings is 2. The highest BCUT2D eigenvalue weighted by Gasteiger charge is 2.49. The lowest BCUT2D eigenvalue weighted by Crippen LogP contribution is -2.54. The number of carbonyl (C=O) groups excluding carboxylic acids is 4. The Balaban J connectivity index is 1.54. The molecule has 1 saturated heterocycles. The number of carbonyl (C=O) groups is 4. The average Bonchev–Trinajstić information content (AvgIpc) is 3.37. The van der Waals surface area contributed by atoms with Crippen molar-refractivity contribution in [3.05, 3.63) is 95.2 Å². The molecular formula is C33H35F3N4O5. The van der Waals surface area contributed by atoms with Gasteiger partial charge in [0.2, 0.25) is 5.91 Å². The van der Waals surface area contributed by atoms with Crippen molar-refractivity contribution in [1.29, 1.82) is 0 Å². The smallest absolute Gasteiger partial charge is 0.416 e. The summed E-state index contributed by atoms with van der Waals surface area (Å²) < 4.78 is 47.5. The number of likely N-dealkylation sites (tertiary alicyclic amines) is 1. The third kappa shape index (κ3) is 6.45. The molecule has 2 aromatic rings. The molecule has 1 N–H and O–H groups in total. The largest absolute Gasteiger partial charge is 0.466 e. The lowest BCUT2D eigenvalue weighted by Gasteiger charge is -2.37. The first-order valence-corrected chi connectivity index (χ1v) is 14.9. The molecule has 0 aliphatic carbocycles. The Labute approximate surface area is 259 Å². The van der Waals surface area contributed by atoms with Gasteiger partial charge in [-0.2, -0.15) is 13.2 Å². The summed E-state index contributed by atoms with van der Waals surface area (Å²) in [5.41, 5.74) is -0.274. The molecule has 238 valence electrons. The fourth-order valence-electron chi connectivity index (χ4n) is 6.34. The van der Waals surface area contributed by atoms with Gasteiger partial charge in [0.15, 0.2) is 0 Å². The summed E-state index contributed by atoms with van der Waals surface area (Å²) in [6, 6.07) is 10.8. The number of nitrogens with one attached hydrogen (secondary N) is 1. The quantitative estimate of drug-likeness (QED) is 0.328. The van der Waals surface area contributed by atoms with Crippen molar-refractivity contribution in [2.75, 3.05) is 32.8 Å². The molecule has 9 nitrogen and oxygen atoms in total. The van der Waals surface area contributed by atoms with Crippen molar-refractivity contribution < 1.29 is 37.1 Å². The van der Waals surface area contributed by atoms with Crippen LogP contribution in [-0.2, 0) is 31.7 Å². The predicted octanol–water partition coefficient (Wildman–Crippen LogP) is 4.47. The first kappa shape index (κ1) is 31.8. The molecule has 0 spiro atoms. The van der Waals surface area contributed by atoms with Gasteiger partial charge in [-0.25, -0.2) is 4.79 Å². The number of rotatable bonds is 9. The van der Waals surface area contributed by atoms with Gasteiger partial charge < -0.3 is 19.9 Å². The summed E-state index contributed by atoms with van der Waals surface area (Å²) in [6.45, 7) is 5.95. The molecule has 0 saturated carbocycles. The summed E-state index contributed by atoms with van der Waals surface area (Å²) in [7, 11) is 0. The Kier molecular flexibility index (Phi) is 9.31. The van der Waals surface area contributed by atoms with Gasteiger partial charge in [-0.3, -0.25) is 19.3 Å². The topological polar surface area (TPSA) is 99.3 Å². The normalized spacial score (nSPS) is 20.9. The molecule has 3 heterocycles. The molecule has 45 heavy (non-hydrogen) atoms. The third-order valence-corrected chi connectivity index (χ3v) is 8.42. The predicted molar refractivity (Wildman–Crippen MR) is 158 cm³/mol. The highest BCUT2D eigenvalue weighted by atomic mass is 19.4. The van der Waals surface area contributed by atoms with Crippen molar-refractivity contribution >= 4 is 23.8 Å². The molecular weight excluding hydrogens is 589 g/mol. The highest BCUT2D eigenvalue weighted by Crippen LogP contribution is 2.42. The first-order valence-electron chi connectivity index (χ1n) is 14.9. The van der Waals surface area contributed by atoms with E-state index in [1.807, 2.05) is 30.3 Å². The number of nitrogens with zero attached hydrogens (tertiary/aromatic N) is 3. The number of hydrogen-bond acceptors (Lipinski definition) is 5. The molecule has 0 aromatic heterocycles. The Morgan fingerprint density at radius 3 is 2.51 bits per heavy atom. The number of piperidine rings is 1. The first-order chi connectivity index (χ1) is 21.5. The number of halogens is 3. The van der Waals surface area contributed by atoms with E-state index >= 15 is 0 Å². The molecule has 0 radical (unpaired) electrons. The van der Waals surface area contributed by atoms with E-state index in [0.29, 0.717) is 19.4 Å². The highest BCUT2D eigenvalue weighted by molar-refractivity contribution is 6.04. The zero-order valence-corrected chi connectivity index (χ0v) is 24.9. The summed E-state index contributed by atoms with van der Waals surface area (Å²) in [6.07, 6.45) is -2.03. The van der Waals surface area contributed by atoms with E-state index in [9.17, 15) is 32.3 Å². The van der Waals surface area contributed by atoms with E-state index in [-0.39, 0.29) is 61.4 Å². The second-order valence-electron chi connectivity index (χ2n) is 11.2. The maximum atomic E-state index is 14.4.